The first-order valence-electron chi connectivity index (χ1n) is 8.46. The Hall–Kier alpha value is -1.90. The summed E-state index contributed by atoms with van der Waals surface area (Å²) in [5, 5.41) is 3.26. The second kappa shape index (κ2) is 7.38. The average molecular weight is 381 g/mol. The quantitative estimate of drug-likeness (QED) is 0.808. The highest BCUT2D eigenvalue weighted by molar-refractivity contribution is 8.02. The van der Waals surface area contributed by atoms with Crippen LogP contribution < -0.4 is 13.9 Å². The second-order valence-corrected chi connectivity index (χ2v) is 7.11. The number of rotatable bonds is 4. The van der Waals surface area contributed by atoms with Crippen molar-refractivity contribution in [2.75, 3.05) is 34.9 Å². The van der Waals surface area contributed by atoms with Crippen LogP contribution in [0, 0.1) is 17.5 Å². The molecule has 1 atom stereocenters. The average Bonchev–Trinajstić information content (AvgIpc) is 3.01. The summed E-state index contributed by atoms with van der Waals surface area (Å²) >= 11 is 1.09. The van der Waals surface area contributed by atoms with Crippen molar-refractivity contribution in [1.82, 2.24) is 5.32 Å². The normalized spacial score (nSPS) is 19.7. The molecule has 2 aliphatic heterocycles. The maximum Gasteiger partial charge on any atom is 0.150 e. The number of halogens is 3. The number of nitrogens with one attached hydrogen (secondary N) is 1. The number of benzene rings is 2. The van der Waals surface area contributed by atoms with Crippen LogP contribution >= 0.6 is 12.1 Å². The van der Waals surface area contributed by atoms with Crippen LogP contribution in [-0.2, 0) is 4.74 Å². The minimum Gasteiger partial charge on any atom is -0.376 e. The maximum atomic E-state index is 14.5. The standard InChI is InChI=1S/C18H18F3N3OS/c19-13-3-1-4-14(20)17(13)24-16-6-2-5-15(21)18(16)23(26-24)9-7-12-11-22-8-10-25-12/h1-6,12,22H,7-11H2. The van der Waals surface area contributed by atoms with Gasteiger partial charge in [0.1, 0.15) is 17.2 Å². The fraction of sp³-hybridized carbons (Fsp3) is 0.333. The molecule has 1 fully saturated rings. The summed E-state index contributed by atoms with van der Waals surface area (Å²) in [5.74, 6) is -1.79. The number of para-hydroxylation sites is 2. The third-order valence-electron chi connectivity index (χ3n) is 4.41. The van der Waals surface area contributed by atoms with E-state index in [4.69, 9.17) is 4.74 Å². The molecule has 138 valence electrons. The Morgan fingerprint density at radius 1 is 1.04 bits per heavy atom. The van der Waals surface area contributed by atoms with Crippen LogP contribution in [0.4, 0.5) is 30.2 Å². The molecule has 8 heteroatoms. The van der Waals surface area contributed by atoms with Gasteiger partial charge in [0.15, 0.2) is 11.6 Å². The summed E-state index contributed by atoms with van der Waals surface area (Å²) in [4.78, 5) is 0. The van der Waals surface area contributed by atoms with Gasteiger partial charge in [-0.25, -0.2) is 13.2 Å². The Morgan fingerprint density at radius 3 is 2.42 bits per heavy atom. The van der Waals surface area contributed by atoms with Crippen LogP contribution in [0.15, 0.2) is 36.4 Å². The number of morpholine rings is 1. The van der Waals surface area contributed by atoms with E-state index in [-0.39, 0.29) is 11.8 Å². The molecular weight excluding hydrogens is 363 g/mol. The highest BCUT2D eigenvalue weighted by Crippen LogP contribution is 2.51. The zero-order valence-electron chi connectivity index (χ0n) is 13.9. The van der Waals surface area contributed by atoms with Crippen molar-refractivity contribution in [3.05, 3.63) is 53.8 Å². The molecule has 0 aliphatic carbocycles. The highest BCUT2D eigenvalue weighted by Gasteiger charge is 2.34. The first-order chi connectivity index (χ1) is 12.6. The molecule has 2 heterocycles. The van der Waals surface area contributed by atoms with Crippen LogP contribution in [0.1, 0.15) is 6.42 Å². The van der Waals surface area contributed by atoms with E-state index in [1.807, 2.05) is 0 Å². The summed E-state index contributed by atoms with van der Waals surface area (Å²) in [6, 6.07) is 8.26. The lowest BCUT2D eigenvalue weighted by Gasteiger charge is -2.26. The summed E-state index contributed by atoms with van der Waals surface area (Å²) < 4.78 is 51.8. The Kier molecular flexibility index (Phi) is 4.97. The van der Waals surface area contributed by atoms with Crippen molar-refractivity contribution < 1.29 is 17.9 Å². The first-order valence-corrected chi connectivity index (χ1v) is 9.19. The molecule has 2 aromatic carbocycles. The van der Waals surface area contributed by atoms with E-state index in [2.05, 4.69) is 5.32 Å². The highest BCUT2D eigenvalue weighted by atomic mass is 32.2. The van der Waals surface area contributed by atoms with E-state index in [1.165, 1.54) is 34.6 Å². The molecule has 2 aromatic rings. The van der Waals surface area contributed by atoms with E-state index in [9.17, 15) is 13.2 Å². The smallest absolute Gasteiger partial charge is 0.150 e. The number of anilines is 3. The monoisotopic (exact) mass is 381 g/mol. The Bertz CT molecular complexity index is 781. The number of ether oxygens (including phenoxy) is 1. The van der Waals surface area contributed by atoms with Gasteiger partial charge in [-0.05, 0) is 30.7 Å². The SMILES string of the molecule is Fc1cccc2c1N(CCC1CNCCO1)SN2c1c(F)cccc1F. The fourth-order valence-corrected chi connectivity index (χ4v) is 4.30. The Labute approximate surface area is 154 Å². The lowest BCUT2D eigenvalue weighted by atomic mass is 10.2. The lowest BCUT2D eigenvalue weighted by Crippen LogP contribution is -2.39. The summed E-state index contributed by atoms with van der Waals surface area (Å²) in [6.45, 7) is 2.72. The minimum absolute atomic E-state index is 0.0406. The molecule has 4 nitrogen and oxygen atoms in total. The lowest BCUT2D eigenvalue weighted by molar-refractivity contribution is 0.0254. The third-order valence-corrected chi connectivity index (χ3v) is 5.52. The van der Waals surface area contributed by atoms with Crippen molar-refractivity contribution in [2.24, 2.45) is 0 Å². The maximum absolute atomic E-state index is 14.5. The van der Waals surface area contributed by atoms with Gasteiger partial charge in [-0.15, -0.1) is 0 Å². The van der Waals surface area contributed by atoms with Gasteiger partial charge in [-0.3, -0.25) is 8.61 Å². The van der Waals surface area contributed by atoms with E-state index in [0.717, 1.165) is 25.2 Å². The van der Waals surface area contributed by atoms with Gasteiger partial charge in [-0.2, -0.15) is 0 Å². The van der Waals surface area contributed by atoms with Crippen LogP contribution in [-0.4, -0.2) is 32.3 Å². The summed E-state index contributed by atoms with van der Waals surface area (Å²) in [7, 11) is 0. The van der Waals surface area contributed by atoms with Crippen molar-refractivity contribution in [3.8, 4) is 0 Å². The zero-order valence-corrected chi connectivity index (χ0v) is 14.7. The van der Waals surface area contributed by atoms with E-state index < -0.39 is 17.5 Å². The van der Waals surface area contributed by atoms with Crippen molar-refractivity contribution in [3.63, 3.8) is 0 Å². The number of fused-ring (bicyclic) bond motifs is 1. The molecule has 0 spiro atoms. The van der Waals surface area contributed by atoms with Gasteiger partial charge >= 0.3 is 0 Å². The minimum atomic E-state index is -0.686. The van der Waals surface area contributed by atoms with Crippen molar-refractivity contribution >= 4 is 29.2 Å². The molecule has 1 N–H and O–H groups in total. The molecule has 0 aromatic heterocycles. The van der Waals surface area contributed by atoms with Crippen LogP contribution in [0.5, 0.6) is 0 Å². The van der Waals surface area contributed by atoms with Gasteiger partial charge in [-0.1, -0.05) is 12.1 Å². The molecule has 0 saturated carbocycles. The zero-order chi connectivity index (χ0) is 18.1. The summed E-state index contributed by atoms with van der Waals surface area (Å²) in [6.07, 6.45) is 0.722. The fourth-order valence-electron chi connectivity index (χ4n) is 3.16. The molecule has 0 amide bonds. The van der Waals surface area contributed by atoms with Gasteiger partial charge in [0.25, 0.3) is 0 Å². The Balaban J connectivity index is 1.62. The molecule has 4 rings (SSSR count). The van der Waals surface area contributed by atoms with Gasteiger partial charge in [0.05, 0.1) is 30.5 Å². The van der Waals surface area contributed by atoms with Crippen LogP contribution in [0.3, 0.4) is 0 Å². The Morgan fingerprint density at radius 2 is 1.73 bits per heavy atom. The van der Waals surface area contributed by atoms with Gasteiger partial charge in [0, 0.05) is 19.6 Å². The van der Waals surface area contributed by atoms with E-state index in [1.54, 1.807) is 10.4 Å². The predicted octanol–water partition coefficient (Wildman–Crippen LogP) is 4.00. The third kappa shape index (κ3) is 3.24. The summed E-state index contributed by atoms with van der Waals surface area (Å²) in [5.41, 5.74) is 0.577. The van der Waals surface area contributed by atoms with E-state index in [0.29, 0.717) is 30.9 Å². The van der Waals surface area contributed by atoms with Crippen molar-refractivity contribution in [2.45, 2.75) is 12.5 Å². The molecule has 26 heavy (non-hydrogen) atoms. The predicted molar refractivity (Wildman–Crippen MR) is 97.1 cm³/mol. The number of hydrogen-bond donors (Lipinski definition) is 1. The molecule has 1 saturated heterocycles. The van der Waals surface area contributed by atoms with Gasteiger partial charge < -0.3 is 10.1 Å². The van der Waals surface area contributed by atoms with Crippen molar-refractivity contribution in [1.29, 1.82) is 0 Å². The molecule has 2 aliphatic rings. The van der Waals surface area contributed by atoms with Crippen LogP contribution in [0.2, 0.25) is 0 Å². The molecule has 0 bridgehead atoms. The topological polar surface area (TPSA) is 27.7 Å². The molecule has 0 radical (unpaired) electrons. The number of hydrogen-bond acceptors (Lipinski definition) is 5. The van der Waals surface area contributed by atoms with Gasteiger partial charge in [0.2, 0.25) is 0 Å². The first kappa shape index (κ1) is 17.5. The number of nitrogens with zero attached hydrogens (tertiary/aromatic N) is 2. The second-order valence-electron chi connectivity index (χ2n) is 6.14. The van der Waals surface area contributed by atoms with Crippen LogP contribution in [0.25, 0.3) is 0 Å². The largest absolute Gasteiger partial charge is 0.376 e. The van der Waals surface area contributed by atoms with E-state index >= 15 is 0 Å². The molecular formula is C18H18F3N3OS. The molecule has 1 unspecified atom stereocenters.